The lowest BCUT2D eigenvalue weighted by molar-refractivity contribution is -0.134. The van der Waals surface area contributed by atoms with E-state index < -0.39 is 0 Å². The molecule has 2 amide bonds. The van der Waals surface area contributed by atoms with Crippen LogP contribution in [0.15, 0.2) is 24.3 Å². The second-order valence-electron chi connectivity index (χ2n) is 9.31. The molecule has 2 aliphatic heterocycles. The number of carbonyl (C=O) groups excluding carboxylic acids is 2. The molecule has 28 heavy (non-hydrogen) atoms. The molecule has 0 unspecified atom stereocenters. The number of nitrogens with zero attached hydrogens (tertiary/aromatic N) is 3. The van der Waals surface area contributed by atoms with Crippen LogP contribution in [-0.2, 0) is 9.59 Å². The zero-order valence-corrected chi connectivity index (χ0v) is 17.4. The highest BCUT2D eigenvalue weighted by Gasteiger charge is 2.50. The van der Waals surface area contributed by atoms with Gasteiger partial charge in [-0.25, -0.2) is 0 Å². The van der Waals surface area contributed by atoms with Gasteiger partial charge in [0.25, 0.3) is 0 Å². The van der Waals surface area contributed by atoms with Crippen LogP contribution >= 0.6 is 0 Å². The monoisotopic (exact) mass is 383 g/mol. The van der Waals surface area contributed by atoms with E-state index in [1.165, 1.54) is 30.4 Å². The van der Waals surface area contributed by atoms with Gasteiger partial charge in [-0.05, 0) is 50.9 Å². The zero-order valence-electron chi connectivity index (χ0n) is 17.4. The lowest BCUT2D eigenvalue weighted by atomic mass is 9.82. The number of carbonyl (C=O) groups is 2. The molecule has 152 valence electrons. The lowest BCUT2D eigenvalue weighted by Crippen LogP contribution is -2.41. The summed E-state index contributed by atoms with van der Waals surface area (Å²) in [7, 11) is 3.89. The van der Waals surface area contributed by atoms with Crippen molar-refractivity contribution < 1.29 is 9.59 Å². The number of aryl methyl sites for hydroxylation is 1. The highest BCUT2D eigenvalue weighted by atomic mass is 16.2. The molecule has 0 bridgehead atoms. The Morgan fingerprint density at radius 3 is 2.46 bits per heavy atom. The smallest absolute Gasteiger partial charge is 0.237 e. The fourth-order valence-electron chi connectivity index (χ4n) is 5.26. The van der Waals surface area contributed by atoms with Crippen LogP contribution < -0.4 is 0 Å². The van der Waals surface area contributed by atoms with Crippen molar-refractivity contribution in [1.29, 1.82) is 0 Å². The van der Waals surface area contributed by atoms with Gasteiger partial charge in [0.1, 0.15) is 0 Å². The highest BCUT2D eigenvalue weighted by Crippen LogP contribution is 2.46. The summed E-state index contributed by atoms with van der Waals surface area (Å²) >= 11 is 0. The number of rotatable bonds is 5. The molecule has 3 fully saturated rings. The first kappa shape index (κ1) is 19.4. The Kier molecular flexibility index (Phi) is 5.46. The van der Waals surface area contributed by atoms with Gasteiger partial charge in [-0.1, -0.05) is 30.7 Å². The summed E-state index contributed by atoms with van der Waals surface area (Å²) in [4.78, 5) is 31.9. The molecule has 2 heterocycles. The van der Waals surface area contributed by atoms with Gasteiger partial charge in [0.05, 0.1) is 12.6 Å². The molecule has 1 saturated carbocycles. The number of hydrogen-bond donors (Lipinski definition) is 0. The summed E-state index contributed by atoms with van der Waals surface area (Å²) in [5.74, 6) is 1.87. The largest absolute Gasteiger partial charge is 0.342 e. The van der Waals surface area contributed by atoms with Gasteiger partial charge in [-0.15, -0.1) is 0 Å². The van der Waals surface area contributed by atoms with E-state index in [1.807, 2.05) is 19.0 Å². The van der Waals surface area contributed by atoms with Crippen molar-refractivity contribution in [1.82, 2.24) is 14.7 Å². The average molecular weight is 384 g/mol. The maximum atomic E-state index is 13.0. The van der Waals surface area contributed by atoms with Crippen molar-refractivity contribution in [3.63, 3.8) is 0 Å². The Hall–Kier alpha value is -1.88. The molecule has 1 aromatic rings. The van der Waals surface area contributed by atoms with Crippen molar-refractivity contribution in [3.05, 3.63) is 35.4 Å². The number of likely N-dealkylation sites (tertiary alicyclic amines) is 2. The third-order valence-electron chi connectivity index (χ3n) is 6.98. The van der Waals surface area contributed by atoms with Crippen LogP contribution in [0.1, 0.15) is 42.9 Å². The van der Waals surface area contributed by atoms with Crippen molar-refractivity contribution in [2.24, 2.45) is 17.8 Å². The van der Waals surface area contributed by atoms with Gasteiger partial charge in [-0.2, -0.15) is 0 Å². The fraction of sp³-hybridized carbons (Fsp3) is 0.652. The SMILES string of the molecule is Cc1ccccc1[C@H]1[C@@H]2CN(C(=O)CC3CCC3)C[C@@H]2CN1C(=O)CN(C)C. The first-order chi connectivity index (χ1) is 13.4. The summed E-state index contributed by atoms with van der Waals surface area (Å²) in [5.41, 5.74) is 2.48. The second-order valence-corrected chi connectivity index (χ2v) is 9.31. The summed E-state index contributed by atoms with van der Waals surface area (Å²) in [6, 6.07) is 8.50. The summed E-state index contributed by atoms with van der Waals surface area (Å²) in [6.07, 6.45) is 4.43. The molecule has 0 aromatic heterocycles. The van der Waals surface area contributed by atoms with Crippen LogP contribution in [0.2, 0.25) is 0 Å². The third-order valence-corrected chi connectivity index (χ3v) is 6.98. The molecule has 5 nitrogen and oxygen atoms in total. The topological polar surface area (TPSA) is 43.9 Å². The van der Waals surface area contributed by atoms with E-state index in [-0.39, 0.29) is 11.9 Å². The number of hydrogen-bond acceptors (Lipinski definition) is 3. The number of benzene rings is 1. The molecule has 3 atom stereocenters. The van der Waals surface area contributed by atoms with E-state index in [0.717, 1.165) is 26.1 Å². The van der Waals surface area contributed by atoms with Crippen LogP contribution in [0.4, 0.5) is 0 Å². The third kappa shape index (κ3) is 3.69. The fourth-order valence-corrected chi connectivity index (χ4v) is 5.26. The minimum Gasteiger partial charge on any atom is -0.342 e. The summed E-state index contributed by atoms with van der Waals surface area (Å²) < 4.78 is 0. The van der Waals surface area contributed by atoms with E-state index >= 15 is 0 Å². The molecular weight excluding hydrogens is 350 g/mol. The Bertz CT molecular complexity index is 743. The highest BCUT2D eigenvalue weighted by molar-refractivity contribution is 5.80. The Morgan fingerprint density at radius 2 is 1.82 bits per heavy atom. The van der Waals surface area contributed by atoms with Crippen LogP contribution in [0.5, 0.6) is 0 Å². The van der Waals surface area contributed by atoms with Gasteiger partial charge < -0.3 is 14.7 Å². The molecule has 1 aromatic carbocycles. The van der Waals surface area contributed by atoms with Crippen LogP contribution in [0, 0.1) is 24.7 Å². The van der Waals surface area contributed by atoms with E-state index in [9.17, 15) is 9.59 Å². The maximum Gasteiger partial charge on any atom is 0.237 e. The Labute approximate surface area is 168 Å². The minimum absolute atomic E-state index is 0.0835. The predicted octanol–water partition coefficient (Wildman–Crippen LogP) is 2.70. The standard InChI is InChI=1S/C23H33N3O2/c1-16-7-4-5-10-19(16)23-20-14-25(21(27)11-17-8-6-9-17)12-18(20)13-26(23)22(28)15-24(2)3/h4-5,7,10,17-18,20,23H,6,8-9,11-15H2,1-3H3/t18-,20-,23+/m1/s1. The van der Waals surface area contributed by atoms with E-state index in [0.29, 0.717) is 30.2 Å². The lowest BCUT2D eigenvalue weighted by Gasteiger charge is -2.32. The van der Waals surface area contributed by atoms with Crippen molar-refractivity contribution in [3.8, 4) is 0 Å². The summed E-state index contributed by atoms with van der Waals surface area (Å²) in [6.45, 7) is 4.94. The minimum atomic E-state index is 0.0835. The van der Waals surface area contributed by atoms with Gasteiger partial charge in [0.2, 0.25) is 11.8 Å². The Balaban J connectivity index is 1.54. The predicted molar refractivity (Wildman–Crippen MR) is 110 cm³/mol. The Morgan fingerprint density at radius 1 is 1.07 bits per heavy atom. The summed E-state index contributed by atoms with van der Waals surface area (Å²) in [5, 5.41) is 0. The molecule has 0 N–H and O–H groups in total. The molecular formula is C23H33N3O2. The van der Waals surface area contributed by atoms with E-state index in [2.05, 4.69) is 41.0 Å². The van der Waals surface area contributed by atoms with Crippen molar-refractivity contribution in [2.45, 2.75) is 38.6 Å². The van der Waals surface area contributed by atoms with Crippen molar-refractivity contribution >= 4 is 11.8 Å². The van der Waals surface area contributed by atoms with Gasteiger partial charge in [-0.3, -0.25) is 9.59 Å². The van der Waals surface area contributed by atoms with Crippen LogP contribution in [-0.4, -0.2) is 66.8 Å². The normalized spacial score (nSPS) is 27.2. The second kappa shape index (κ2) is 7.86. The zero-order chi connectivity index (χ0) is 19.8. The first-order valence-electron chi connectivity index (χ1n) is 10.7. The van der Waals surface area contributed by atoms with Gasteiger partial charge in [0, 0.05) is 37.9 Å². The molecule has 5 heteroatoms. The molecule has 1 aliphatic carbocycles. The molecule has 2 saturated heterocycles. The molecule has 3 aliphatic rings. The first-order valence-corrected chi connectivity index (χ1v) is 10.7. The number of fused-ring (bicyclic) bond motifs is 1. The van der Waals surface area contributed by atoms with Gasteiger partial charge >= 0.3 is 0 Å². The van der Waals surface area contributed by atoms with Crippen LogP contribution in [0.3, 0.4) is 0 Å². The molecule has 0 radical (unpaired) electrons. The molecule has 0 spiro atoms. The van der Waals surface area contributed by atoms with E-state index in [4.69, 9.17) is 0 Å². The van der Waals surface area contributed by atoms with Gasteiger partial charge in [0.15, 0.2) is 0 Å². The number of likely N-dealkylation sites (N-methyl/N-ethyl adjacent to an activating group) is 1. The molecule has 4 rings (SSSR count). The van der Waals surface area contributed by atoms with Crippen molar-refractivity contribution in [2.75, 3.05) is 40.3 Å². The average Bonchev–Trinajstić information content (AvgIpc) is 3.16. The van der Waals surface area contributed by atoms with Crippen LogP contribution in [0.25, 0.3) is 0 Å². The quantitative estimate of drug-likeness (QED) is 0.785. The number of amides is 2. The van der Waals surface area contributed by atoms with E-state index in [1.54, 1.807) is 0 Å². The maximum absolute atomic E-state index is 13.0.